The molecule has 31 heavy (non-hydrogen) atoms. The molecule has 0 spiro atoms. The predicted molar refractivity (Wildman–Crippen MR) is 117 cm³/mol. The third-order valence-electron chi connectivity index (χ3n) is 5.61. The summed E-state index contributed by atoms with van der Waals surface area (Å²) in [6, 6.07) is 3.80. The molecule has 162 valence electrons. The van der Waals surface area contributed by atoms with E-state index in [0.29, 0.717) is 33.7 Å². The summed E-state index contributed by atoms with van der Waals surface area (Å²) in [7, 11) is 0. The minimum absolute atomic E-state index is 0.167. The number of fused-ring (bicyclic) bond motifs is 2. The number of carbonyl (C=O) groups is 1. The van der Waals surface area contributed by atoms with Crippen LogP contribution in [0.4, 0.5) is 0 Å². The molecule has 3 aromatic rings. The first kappa shape index (κ1) is 20.4. The van der Waals surface area contributed by atoms with Crippen LogP contribution in [0.1, 0.15) is 19.3 Å². The monoisotopic (exact) mass is 504 g/mol. The fourth-order valence-electron chi connectivity index (χ4n) is 4.01. The number of nitrogens with zero attached hydrogens (tertiary/aromatic N) is 4. The summed E-state index contributed by atoms with van der Waals surface area (Å²) in [6.07, 6.45) is 5.72. The van der Waals surface area contributed by atoms with Crippen molar-refractivity contribution in [3.05, 3.63) is 28.4 Å². The lowest BCUT2D eigenvalue weighted by atomic mass is 9.95. The van der Waals surface area contributed by atoms with Crippen molar-refractivity contribution in [3.8, 4) is 11.5 Å². The number of hydrogen-bond acceptors (Lipinski definition) is 7. The van der Waals surface area contributed by atoms with Gasteiger partial charge in [0.05, 0.1) is 6.33 Å². The molecule has 2 aliphatic rings. The highest BCUT2D eigenvalue weighted by atomic mass is 79.9. The minimum atomic E-state index is 0.167. The van der Waals surface area contributed by atoms with E-state index in [1.54, 1.807) is 6.33 Å². The minimum Gasteiger partial charge on any atom is -0.454 e. The van der Waals surface area contributed by atoms with Crippen molar-refractivity contribution in [1.82, 2.24) is 24.4 Å². The molecule has 1 fully saturated rings. The van der Waals surface area contributed by atoms with Crippen LogP contribution in [0.15, 0.2) is 33.0 Å². The zero-order valence-corrected chi connectivity index (χ0v) is 19.0. The molecule has 11 heteroatoms. The second kappa shape index (κ2) is 8.54. The van der Waals surface area contributed by atoms with Crippen LogP contribution in [0, 0.1) is 11.3 Å². The van der Waals surface area contributed by atoms with Crippen LogP contribution >= 0.6 is 27.7 Å². The summed E-state index contributed by atoms with van der Waals surface area (Å²) >= 11 is 5.03. The van der Waals surface area contributed by atoms with Crippen LogP contribution < -0.4 is 15.0 Å². The number of benzene rings is 1. The molecule has 1 aromatic carbocycles. The number of H-pyrrole nitrogens is 1. The fourth-order valence-corrected chi connectivity index (χ4v) is 5.39. The molecule has 2 N–H and O–H groups in total. The second-order valence-corrected chi connectivity index (χ2v) is 9.55. The van der Waals surface area contributed by atoms with Crippen LogP contribution in [0.3, 0.4) is 0 Å². The van der Waals surface area contributed by atoms with Gasteiger partial charge in [0, 0.05) is 29.0 Å². The van der Waals surface area contributed by atoms with Crippen LogP contribution in [-0.4, -0.2) is 50.7 Å². The van der Waals surface area contributed by atoms with Crippen molar-refractivity contribution >= 4 is 45.3 Å². The van der Waals surface area contributed by atoms with E-state index in [0.717, 1.165) is 54.7 Å². The number of amides is 1. The zero-order chi connectivity index (χ0) is 21.4. The molecule has 1 atom stereocenters. The molecular weight excluding hydrogens is 484 g/mol. The molecule has 9 nitrogen and oxygen atoms in total. The van der Waals surface area contributed by atoms with Crippen molar-refractivity contribution in [1.29, 1.82) is 5.41 Å². The summed E-state index contributed by atoms with van der Waals surface area (Å²) in [6.45, 7) is 2.61. The molecule has 0 bridgehead atoms. The van der Waals surface area contributed by atoms with Crippen molar-refractivity contribution in [2.75, 3.05) is 19.9 Å². The molecule has 0 aliphatic carbocycles. The summed E-state index contributed by atoms with van der Waals surface area (Å²) in [5.74, 6) is 1.89. The number of rotatable bonds is 6. The van der Waals surface area contributed by atoms with Crippen molar-refractivity contribution in [3.63, 3.8) is 0 Å². The Hall–Kier alpha value is -2.53. The van der Waals surface area contributed by atoms with Gasteiger partial charge in [0.1, 0.15) is 5.52 Å². The largest absolute Gasteiger partial charge is 0.454 e. The van der Waals surface area contributed by atoms with E-state index in [1.807, 2.05) is 21.6 Å². The molecule has 0 saturated carbocycles. The maximum atomic E-state index is 11.1. The Morgan fingerprint density at radius 1 is 1.35 bits per heavy atom. The molecule has 2 aromatic heterocycles. The normalized spacial score (nSPS) is 18.0. The number of likely N-dealkylation sites (tertiary alicyclic amines) is 1. The summed E-state index contributed by atoms with van der Waals surface area (Å²) < 4.78 is 13.8. The quantitative estimate of drug-likeness (QED) is 0.499. The molecule has 0 unspecified atom stereocenters. The van der Waals surface area contributed by atoms with Crippen LogP contribution in [0.25, 0.3) is 11.2 Å². The molecule has 4 heterocycles. The number of aryl methyl sites for hydroxylation is 1. The Kier molecular flexibility index (Phi) is 5.61. The number of imidazole rings is 1. The van der Waals surface area contributed by atoms with E-state index in [1.165, 1.54) is 11.8 Å². The summed E-state index contributed by atoms with van der Waals surface area (Å²) in [5, 5.41) is 8.85. The van der Waals surface area contributed by atoms with Gasteiger partial charge in [-0.1, -0.05) is 11.8 Å². The van der Waals surface area contributed by atoms with Gasteiger partial charge in [-0.2, -0.15) is 0 Å². The molecular formula is C20H21BrN6O3S. The van der Waals surface area contributed by atoms with Crippen molar-refractivity contribution < 1.29 is 14.3 Å². The lowest BCUT2D eigenvalue weighted by Gasteiger charge is -2.30. The van der Waals surface area contributed by atoms with E-state index in [9.17, 15) is 4.79 Å². The lowest BCUT2D eigenvalue weighted by Crippen LogP contribution is -2.34. The lowest BCUT2D eigenvalue weighted by molar-refractivity contribution is -0.119. The number of carbonyl (C=O) groups excluding carboxylic acids is 1. The maximum Gasteiger partial charge on any atom is 0.231 e. The maximum absolute atomic E-state index is 11.1. The first-order valence-corrected chi connectivity index (χ1v) is 11.7. The molecule has 2 aliphatic heterocycles. The summed E-state index contributed by atoms with van der Waals surface area (Å²) in [5.41, 5.74) is 1.49. The van der Waals surface area contributed by atoms with Crippen LogP contribution in [0.5, 0.6) is 11.5 Å². The van der Waals surface area contributed by atoms with Gasteiger partial charge >= 0.3 is 0 Å². The van der Waals surface area contributed by atoms with E-state index >= 15 is 0 Å². The first-order valence-electron chi connectivity index (χ1n) is 10.1. The van der Waals surface area contributed by atoms with Gasteiger partial charge in [-0.05, 0) is 53.2 Å². The van der Waals surface area contributed by atoms with E-state index < -0.39 is 0 Å². The van der Waals surface area contributed by atoms with Crippen molar-refractivity contribution in [2.45, 2.75) is 35.9 Å². The van der Waals surface area contributed by atoms with Gasteiger partial charge in [-0.15, -0.1) is 0 Å². The molecule has 0 radical (unpaired) electrons. The number of aromatic nitrogens is 4. The third-order valence-corrected chi connectivity index (χ3v) is 7.47. The SMILES string of the molecule is N=c1ncn(CC[C@H]2CCCN(C=O)C2)c2nc(Sc3cc4c(cc3Br)OCO4)[nH]c12. The highest BCUT2D eigenvalue weighted by Gasteiger charge is 2.20. The van der Waals surface area contributed by atoms with Gasteiger partial charge in [0.2, 0.25) is 13.2 Å². The fraction of sp³-hybridized carbons (Fsp3) is 0.400. The Morgan fingerprint density at radius 2 is 2.19 bits per heavy atom. The number of hydrogen-bond donors (Lipinski definition) is 2. The van der Waals surface area contributed by atoms with E-state index in [2.05, 4.69) is 25.9 Å². The number of ether oxygens (including phenoxy) is 2. The van der Waals surface area contributed by atoms with Crippen molar-refractivity contribution in [2.24, 2.45) is 5.92 Å². The Morgan fingerprint density at radius 3 is 3.03 bits per heavy atom. The van der Waals surface area contributed by atoms with Gasteiger partial charge in [0.25, 0.3) is 0 Å². The predicted octanol–water partition coefficient (Wildman–Crippen LogP) is 3.14. The highest BCUT2D eigenvalue weighted by molar-refractivity contribution is 9.10. The van der Waals surface area contributed by atoms with E-state index in [-0.39, 0.29) is 12.3 Å². The highest BCUT2D eigenvalue weighted by Crippen LogP contribution is 2.42. The van der Waals surface area contributed by atoms with Crippen LogP contribution in [0.2, 0.25) is 0 Å². The standard InChI is InChI=1S/C20H21BrN6O3S/c21-13-6-14-15(30-11-29-14)7-16(13)31-20-24-17-18(22)23-9-27(19(17)25-20)5-3-12-2-1-4-26(8-12)10-28/h6-7,9-10,12,22H,1-5,8,11H2,(H,24,25)/t12-/m1/s1. The molecule has 1 amide bonds. The topological polar surface area (TPSA) is 109 Å². The second-order valence-electron chi connectivity index (χ2n) is 7.66. The van der Waals surface area contributed by atoms with Crippen LogP contribution in [-0.2, 0) is 11.3 Å². The first-order chi connectivity index (χ1) is 15.1. The smallest absolute Gasteiger partial charge is 0.231 e. The molecule has 5 rings (SSSR count). The van der Waals surface area contributed by atoms with Gasteiger partial charge in [-0.3, -0.25) is 10.2 Å². The molecule has 1 saturated heterocycles. The Bertz CT molecular complexity index is 1200. The number of halogens is 1. The third kappa shape index (κ3) is 4.16. The average molecular weight is 505 g/mol. The van der Waals surface area contributed by atoms with Gasteiger partial charge in [0.15, 0.2) is 27.8 Å². The van der Waals surface area contributed by atoms with Gasteiger partial charge < -0.3 is 23.9 Å². The summed E-state index contributed by atoms with van der Waals surface area (Å²) in [4.78, 5) is 26.1. The zero-order valence-electron chi connectivity index (χ0n) is 16.6. The Balaban J connectivity index is 1.38. The van der Waals surface area contributed by atoms with Gasteiger partial charge in [-0.25, -0.2) is 9.97 Å². The number of aromatic amines is 1. The van der Waals surface area contributed by atoms with E-state index in [4.69, 9.17) is 19.9 Å². The number of piperidine rings is 1. The average Bonchev–Trinajstić information content (AvgIpc) is 3.41. The Labute approximate surface area is 190 Å². The number of nitrogens with one attached hydrogen (secondary N) is 2.